The second-order valence-corrected chi connectivity index (χ2v) is 7.08. The number of aliphatic hydroxyl groups is 1. The van der Waals surface area contributed by atoms with Crippen molar-refractivity contribution in [2.75, 3.05) is 18.4 Å². The minimum absolute atomic E-state index is 0.0159. The topological polar surface area (TPSA) is 81.2 Å². The van der Waals surface area contributed by atoms with Crippen molar-refractivity contribution in [3.05, 3.63) is 36.7 Å². The normalized spacial score (nSPS) is 22.0. The Labute approximate surface area is 146 Å². The van der Waals surface area contributed by atoms with E-state index in [1.807, 2.05) is 17.2 Å². The number of H-pyrrole nitrogens is 1. The first-order chi connectivity index (χ1) is 12.2. The van der Waals surface area contributed by atoms with Crippen molar-refractivity contribution >= 4 is 22.6 Å². The van der Waals surface area contributed by atoms with Crippen LogP contribution in [0.5, 0.6) is 0 Å². The zero-order chi connectivity index (χ0) is 17.4. The van der Waals surface area contributed by atoms with E-state index in [0.29, 0.717) is 12.5 Å². The smallest absolute Gasteiger partial charge is 0.246 e. The lowest BCUT2D eigenvalue weighted by atomic mass is 10.0. The largest absolute Gasteiger partial charge is 0.388 e. The summed E-state index contributed by atoms with van der Waals surface area (Å²) in [6.45, 7) is 5.03. The summed E-state index contributed by atoms with van der Waals surface area (Å²) in [5.41, 5.74) is 2.68. The lowest BCUT2D eigenvalue weighted by Crippen LogP contribution is -2.44. The van der Waals surface area contributed by atoms with E-state index in [1.54, 1.807) is 6.20 Å². The maximum Gasteiger partial charge on any atom is 0.246 e. The number of carbonyl (C=O) groups excluding carboxylic acids is 1. The molecule has 2 fully saturated rings. The number of nitrogens with zero attached hydrogens (tertiary/aromatic N) is 2. The van der Waals surface area contributed by atoms with Gasteiger partial charge in [0.1, 0.15) is 5.65 Å². The van der Waals surface area contributed by atoms with E-state index in [-0.39, 0.29) is 11.9 Å². The summed E-state index contributed by atoms with van der Waals surface area (Å²) in [6, 6.07) is 2.14. The average molecular weight is 340 g/mol. The van der Waals surface area contributed by atoms with Gasteiger partial charge < -0.3 is 20.3 Å². The molecule has 0 bridgehead atoms. The summed E-state index contributed by atoms with van der Waals surface area (Å²) in [6.07, 6.45) is 8.72. The van der Waals surface area contributed by atoms with E-state index in [4.69, 9.17) is 0 Å². The number of aliphatic hydroxyl groups excluding tert-OH is 1. The van der Waals surface area contributed by atoms with E-state index < -0.39 is 6.10 Å². The van der Waals surface area contributed by atoms with E-state index in [0.717, 1.165) is 54.5 Å². The summed E-state index contributed by atoms with van der Waals surface area (Å²) in [5.74, 6) is 0.348. The molecule has 6 nitrogen and oxygen atoms in total. The second-order valence-electron chi connectivity index (χ2n) is 7.08. The summed E-state index contributed by atoms with van der Waals surface area (Å²) in [4.78, 5) is 21.3. The SMILES string of the molecule is C=CC(=O)N1CCC[C@@H](Nc2ccnc3[nH]cc(C(O)C4CC4)c23)C1. The third-order valence-electron chi connectivity index (χ3n) is 5.26. The van der Waals surface area contributed by atoms with Gasteiger partial charge in [0.2, 0.25) is 5.91 Å². The standard InChI is InChI=1S/C19H24N4O2/c1-2-16(24)23-9-3-4-13(11-23)22-15-7-8-20-19-17(15)14(10-21-19)18(25)12-5-6-12/h2,7-8,10,12-13,18,25H,1,3-6,9,11H2,(H2,20,21,22)/t13-,18?/m1/s1. The van der Waals surface area contributed by atoms with Gasteiger partial charge in [0.15, 0.2) is 0 Å². The molecule has 6 heteroatoms. The number of aromatic amines is 1. The van der Waals surface area contributed by atoms with Crippen LogP contribution in [-0.2, 0) is 4.79 Å². The predicted molar refractivity (Wildman–Crippen MR) is 97.2 cm³/mol. The van der Waals surface area contributed by atoms with E-state index in [9.17, 15) is 9.90 Å². The van der Waals surface area contributed by atoms with Gasteiger partial charge in [0.05, 0.1) is 6.10 Å². The van der Waals surface area contributed by atoms with Gasteiger partial charge in [0, 0.05) is 48.2 Å². The molecule has 0 aromatic carbocycles. The fraction of sp³-hybridized carbons (Fsp3) is 0.474. The number of rotatable bonds is 5. The number of hydrogen-bond donors (Lipinski definition) is 3. The van der Waals surface area contributed by atoms with Crippen molar-refractivity contribution in [1.29, 1.82) is 0 Å². The van der Waals surface area contributed by atoms with Gasteiger partial charge in [-0.15, -0.1) is 0 Å². The number of anilines is 1. The minimum Gasteiger partial charge on any atom is -0.388 e. The van der Waals surface area contributed by atoms with Crippen molar-refractivity contribution in [1.82, 2.24) is 14.9 Å². The third-order valence-corrected chi connectivity index (χ3v) is 5.26. The number of piperidine rings is 1. The van der Waals surface area contributed by atoms with E-state index >= 15 is 0 Å². The Bertz CT molecular complexity index is 796. The van der Waals surface area contributed by atoms with E-state index in [1.165, 1.54) is 6.08 Å². The maximum absolute atomic E-state index is 11.9. The fourth-order valence-electron chi connectivity index (χ4n) is 3.75. The van der Waals surface area contributed by atoms with Crippen LogP contribution < -0.4 is 5.32 Å². The first-order valence-electron chi connectivity index (χ1n) is 8.99. The molecule has 4 rings (SSSR count). The molecule has 3 heterocycles. The Balaban J connectivity index is 1.59. The van der Waals surface area contributed by atoms with Gasteiger partial charge in [0.25, 0.3) is 0 Å². The predicted octanol–water partition coefficient (Wildman–Crippen LogP) is 2.60. The fourth-order valence-corrected chi connectivity index (χ4v) is 3.75. The molecule has 1 aliphatic carbocycles. The van der Waals surface area contributed by atoms with Gasteiger partial charge >= 0.3 is 0 Å². The minimum atomic E-state index is -0.441. The quantitative estimate of drug-likeness (QED) is 0.731. The Morgan fingerprint density at radius 3 is 3.08 bits per heavy atom. The van der Waals surface area contributed by atoms with Crippen LogP contribution >= 0.6 is 0 Å². The number of likely N-dealkylation sites (tertiary alicyclic amines) is 1. The second kappa shape index (κ2) is 6.52. The lowest BCUT2D eigenvalue weighted by molar-refractivity contribution is -0.127. The summed E-state index contributed by atoms with van der Waals surface area (Å²) in [5, 5.41) is 15.1. The number of aromatic nitrogens is 2. The van der Waals surface area contributed by atoms with Crippen LogP contribution in [0.15, 0.2) is 31.1 Å². The molecule has 2 atom stereocenters. The summed E-state index contributed by atoms with van der Waals surface area (Å²) >= 11 is 0. The Kier molecular flexibility index (Phi) is 4.21. The highest BCUT2D eigenvalue weighted by molar-refractivity contribution is 5.93. The number of hydrogen-bond acceptors (Lipinski definition) is 4. The number of amides is 1. The molecule has 2 aromatic heterocycles. The molecule has 1 aliphatic heterocycles. The van der Waals surface area contributed by atoms with Crippen molar-refractivity contribution in [2.45, 2.75) is 37.8 Å². The van der Waals surface area contributed by atoms with Crippen LogP contribution in [0.25, 0.3) is 11.0 Å². The Morgan fingerprint density at radius 2 is 2.32 bits per heavy atom. The van der Waals surface area contributed by atoms with Crippen molar-refractivity contribution in [3.63, 3.8) is 0 Å². The van der Waals surface area contributed by atoms with Crippen molar-refractivity contribution in [3.8, 4) is 0 Å². The summed E-state index contributed by atoms with van der Waals surface area (Å²) < 4.78 is 0. The zero-order valence-electron chi connectivity index (χ0n) is 14.2. The molecule has 0 radical (unpaired) electrons. The van der Waals surface area contributed by atoms with Crippen LogP contribution in [0.2, 0.25) is 0 Å². The molecule has 2 aliphatic rings. The molecule has 1 saturated carbocycles. The van der Waals surface area contributed by atoms with E-state index in [2.05, 4.69) is 21.9 Å². The summed E-state index contributed by atoms with van der Waals surface area (Å²) in [7, 11) is 0. The highest BCUT2D eigenvalue weighted by Crippen LogP contribution is 2.43. The number of carbonyl (C=O) groups is 1. The van der Waals surface area contributed by atoms with Gasteiger partial charge in [-0.25, -0.2) is 4.98 Å². The van der Waals surface area contributed by atoms with Crippen LogP contribution in [0.3, 0.4) is 0 Å². The van der Waals surface area contributed by atoms with Gasteiger partial charge in [-0.3, -0.25) is 4.79 Å². The Hall–Kier alpha value is -2.34. The zero-order valence-corrected chi connectivity index (χ0v) is 14.2. The monoisotopic (exact) mass is 340 g/mol. The molecule has 25 heavy (non-hydrogen) atoms. The Morgan fingerprint density at radius 1 is 1.48 bits per heavy atom. The molecular formula is C19H24N4O2. The number of pyridine rings is 1. The van der Waals surface area contributed by atoms with Crippen molar-refractivity contribution < 1.29 is 9.90 Å². The lowest BCUT2D eigenvalue weighted by Gasteiger charge is -2.33. The molecular weight excluding hydrogens is 316 g/mol. The maximum atomic E-state index is 11.9. The molecule has 1 unspecified atom stereocenters. The van der Waals surface area contributed by atoms with Crippen LogP contribution in [0.1, 0.15) is 37.4 Å². The first kappa shape index (κ1) is 16.1. The third kappa shape index (κ3) is 3.14. The molecule has 0 spiro atoms. The number of nitrogens with one attached hydrogen (secondary N) is 2. The van der Waals surface area contributed by atoms with Gasteiger partial charge in [-0.2, -0.15) is 0 Å². The molecule has 1 amide bonds. The molecule has 132 valence electrons. The molecule has 3 N–H and O–H groups in total. The van der Waals surface area contributed by atoms with Gasteiger partial charge in [-0.05, 0) is 43.7 Å². The molecule has 2 aromatic rings. The first-order valence-corrected chi connectivity index (χ1v) is 8.99. The van der Waals surface area contributed by atoms with Crippen LogP contribution in [0, 0.1) is 5.92 Å². The molecule has 1 saturated heterocycles. The highest BCUT2D eigenvalue weighted by Gasteiger charge is 2.33. The number of fused-ring (bicyclic) bond motifs is 1. The van der Waals surface area contributed by atoms with Crippen LogP contribution in [-0.4, -0.2) is 45.0 Å². The highest BCUT2D eigenvalue weighted by atomic mass is 16.3. The van der Waals surface area contributed by atoms with Gasteiger partial charge in [-0.1, -0.05) is 6.58 Å². The average Bonchev–Trinajstić information content (AvgIpc) is 3.40. The van der Waals surface area contributed by atoms with Crippen LogP contribution in [0.4, 0.5) is 5.69 Å². The van der Waals surface area contributed by atoms with Crippen molar-refractivity contribution in [2.24, 2.45) is 5.92 Å².